The molecule has 2 nitrogen and oxygen atoms in total. The summed E-state index contributed by atoms with van der Waals surface area (Å²) in [5.74, 6) is -0.210. The van der Waals surface area contributed by atoms with Gasteiger partial charge in [0, 0.05) is 0 Å². The van der Waals surface area contributed by atoms with E-state index in [9.17, 15) is 4.79 Å². The van der Waals surface area contributed by atoms with Crippen molar-refractivity contribution in [3.05, 3.63) is 35.9 Å². The van der Waals surface area contributed by atoms with Crippen LogP contribution in [0.3, 0.4) is 0 Å². The molecule has 0 aliphatic rings. The number of carbonyl (C=O) groups is 1. The minimum atomic E-state index is -0.476. The minimum absolute atomic E-state index is 0.210. The largest absolute Gasteiger partial charge is 0.369 e. The number of primary amides is 1. The van der Waals surface area contributed by atoms with Gasteiger partial charge in [0.1, 0.15) is 0 Å². The summed E-state index contributed by atoms with van der Waals surface area (Å²) < 4.78 is 0. The quantitative estimate of drug-likeness (QED) is 0.789. The second-order valence-electron chi connectivity index (χ2n) is 3.92. The predicted molar refractivity (Wildman–Crippen MR) is 62.5 cm³/mol. The molecule has 1 atom stereocenters. The molecule has 0 bridgehead atoms. The third-order valence-corrected chi connectivity index (χ3v) is 3.08. The molecular weight excluding hydrogens is 186 g/mol. The lowest BCUT2D eigenvalue weighted by atomic mass is 9.74. The molecular formula is C13H19NO. The first-order chi connectivity index (χ1) is 7.17. The summed E-state index contributed by atoms with van der Waals surface area (Å²) >= 11 is 0. The fourth-order valence-corrected chi connectivity index (χ4v) is 2.15. The molecule has 15 heavy (non-hydrogen) atoms. The number of benzene rings is 1. The monoisotopic (exact) mass is 205 g/mol. The van der Waals surface area contributed by atoms with E-state index in [1.165, 1.54) is 0 Å². The van der Waals surface area contributed by atoms with Crippen LogP contribution in [0.25, 0.3) is 0 Å². The fraction of sp³-hybridized carbons (Fsp3) is 0.462. The predicted octanol–water partition coefficient (Wildman–Crippen LogP) is 2.62. The van der Waals surface area contributed by atoms with Crippen LogP contribution in [0.15, 0.2) is 30.3 Å². The Morgan fingerprint density at radius 2 is 1.87 bits per heavy atom. The van der Waals surface area contributed by atoms with Crippen LogP contribution in [0, 0.1) is 0 Å². The number of amides is 1. The van der Waals surface area contributed by atoms with Crippen molar-refractivity contribution in [1.82, 2.24) is 0 Å². The van der Waals surface area contributed by atoms with Gasteiger partial charge in [-0.05, 0) is 18.4 Å². The van der Waals surface area contributed by atoms with E-state index in [4.69, 9.17) is 5.73 Å². The molecule has 0 radical (unpaired) electrons. The lowest BCUT2D eigenvalue weighted by molar-refractivity contribution is -0.124. The molecule has 1 aromatic rings. The van der Waals surface area contributed by atoms with Gasteiger partial charge in [-0.3, -0.25) is 4.79 Å². The van der Waals surface area contributed by atoms with Crippen LogP contribution >= 0.6 is 0 Å². The van der Waals surface area contributed by atoms with E-state index >= 15 is 0 Å². The average Bonchev–Trinajstić information content (AvgIpc) is 2.26. The lowest BCUT2D eigenvalue weighted by Gasteiger charge is -2.29. The molecule has 0 aliphatic carbocycles. The summed E-state index contributed by atoms with van der Waals surface area (Å²) in [6.07, 6.45) is 2.55. The third-order valence-electron chi connectivity index (χ3n) is 3.08. The molecule has 2 N–H and O–H groups in total. The van der Waals surface area contributed by atoms with Crippen molar-refractivity contribution >= 4 is 5.91 Å². The van der Waals surface area contributed by atoms with Gasteiger partial charge in [-0.2, -0.15) is 0 Å². The van der Waals surface area contributed by atoms with Gasteiger partial charge in [-0.15, -0.1) is 0 Å². The normalized spacial score (nSPS) is 14.5. The van der Waals surface area contributed by atoms with Gasteiger partial charge in [-0.25, -0.2) is 0 Å². The molecule has 82 valence electrons. The van der Waals surface area contributed by atoms with E-state index in [2.05, 4.69) is 6.92 Å². The summed E-state index contributed by atoms with van der Waals surface area (Å²) in [4.78, 5) is 11.7. The van der Waals surface area contributed by atoms with Gasteiger partial charge < -0.3 is 5.73 Å². The SMILES string of the molecule is CCCC(CC)(C(N)=O)c1ccccc1. The molecule has 0 aliphatic heterocycles. The van der Waals surface area contributed by atoms with Gasteiger partial charge in [0.15, 0.2) is 0 Å². The maximum Gasteiger partial charge on any atom is 0.228 e. The molecule has 0 saturated heterocycles. The molecule has 0 heterocycles. The van der Waals surface area contributed by atoms with Crippen LogP contribution in [0.4, 0.5) is 0 Å². The Morgan fingerprint density at radius 1 is 1.27 bits per heavy atom. The summed E-state index contributed by atoms with van der Waals surface area (Å²) in [6.45, 7) is 4.10. The van der Waals surface area contributed by atoms with Crippen LogP contribution in [0.2, 0.25) is 0 Å². The molecule has 0 aromatic heterocycles. The maximum atomic E-state index is 11.7. The average molecular weight is 205 g/mol. The minimum Gasteiger partial charge on any atom is -0.369 e. The number of hydrogen-bond acceptors (Lipinski definition) is 1. The first-order valence-corrected chi connectivity index (χ1v) is 5.52. The van der Waals surface area contributed by atoms with Crippen molar-refractivity contribution in [2.45, 2.75) is 38.5 Å². The second kappa shape index (κ2) is 4.96. The zero-order valence-corrected chi connectivity index (χ0v) is 9.49. The summed E-state index contributed by atoms with van der Waals surface area (Å²) in [5.41, 5.74) is 6.13. The van der Waals surface area contributed by atoms with Crippen LogP contribution in [-0.2, 0) is 10.2 Å². The van der Waals surface area contributed by atoms with Gasteiger partial charge in [0.2, 0.25) is 5.91 Å². The van der Waals surface area contributed by atoms with Crippen molar-refractivity contribution in [3.63, 3.8) is 0 Å². The molecule has 2 heteroatoms. The summed E-state index contributed by atoms with van der Waals surface area (Å²) in [6, 6.07) is 9.85. The highest BCUT2D eigenvalue weighted by Crippen LogP contribution is 2.32. The highest BCUT2D eigenvalue weighted by atomic mass is 16.1. The van der Waals surface area contributed by atoms with Crippen molar-refractivity contribution < 1.29 is 4.79 Å². The third kappa shape index (κ3) is 2.20. The second-order valence-corrected chi connectivity index (χ2v) is 3.92. The first kappa shape index (κ1) is 11.8. The maximum absolute atomic E-state index is 11.7. The molecule has 1 rings (SSSR count). The number of carbonyl (C=O) groups excluding carboxylic acids is 1. The topological polar surface area (TPSA) is 43.1 Å². The number of hydrogen-bond donors (Lipinski definition) is 1. The van der Waals surface area contributed by atoms with Gasteiger partial charge in [0.05, 0.1) is 5.41 Å². The van der Waals surface area contributed by atoms with Crippen LogP contribution < -0.4 is 5.73 Å². The summed E-state index contributed by atoms with van der Waals surface area (Å²) in [7, 11) is 0. The zero-order valence-electron chi connectivity index (χ0n) is 9.49. The Hall–Kier alpha value is -1.31. The van der Waals surface area contributed by atoms with E-state index < -0.39 is 5.41 Å². The van der Waals surface area contributed by atoms with E-state index in [1.807, 2.05) is 37.3 Å². The van der Waals surface area contributed by atoms with E-state index in [0.29, 0.717) is 0 Å². The molecule has 1 unspecified atom stereocenters. The van der Waals surface area contributed by atoms with Crippen LogP contribution in [-0.4, -0.2) is 5.91 Å². The first-order valence-electron chi connectivity index (χ1n) is 5.52. The van der Waals surface area contributed by atoms with Gasteiger partial charge in [0.25, 0.3) is 0 Å². The Bertz CT molecular complexity index is 321. The molecule has 0 spiro atoms. The number of nitrogens with two attached hydrogens (primary N) is 1. The van der Waals surface area contributed by atoms with Crippen LogP contribution in [0.5, 0.6) is 0 Å². The van der Waals surface area contributed by atoms with Crippen molar-refractivity contribution in [3.8, 4) is 0 Å². The van der Waals surface area contributed by atoms with Gasteiger partial charge >= 0.3 is 0 Å². The van der Waals surface area contributed by atoms with Crippen molar-refractivity contribution in [1.29, 1.82) is 0 Å². The molecule has 1 aromatic carbocycles. The van der Waals surface area contributed by atoms with E-state index in [-0.39, 0.29) is 5.91 Å². The molecule has 0 saturated carbocycles. The van der Waals surface area contributed by atoms with Gasteiger partial charge in [-0.1, -0.05) is 50.6 Å². The fourth-order valence-electron chi connectivity index (χ4n) is 2.15. The molecule has 1 amide bonds. The Balaban J connectivity index is 3.15. The Labute approximate surface area is 91.5 Å². The standard InChI is InChI=1S/C13H19NO/c1-3-10-13(4-2,12(14)15)11-8-6-5-7-9-11/h5-9H,3-4,10H2,1-2H3,(H2,14,15). The van der Waals surface area contributed by atoms with Crippen LogP contribution in [0.1, 0.15) is 38.7 Å². The highest BCUT2D eigenvalue weighted by Gasteiger charge is 2.35. The molecule has 0 fully saturated rings. The highest BCUT2D eigenvalue weighted by molar-refractivity contribution is 5.86. The zero-order chi connectivity index (χ0) is 11.3. The smallest absolute Gasteiger partial charge is 0.228 e. The van der Waals surface area contributed by atoms with Crippen molar-refractivity contribution in [2.75, 3.05) is 0 Å². The Kier molecular flexibility index (Phi) is 3.89. The number of rotatable bonds is 5. The summed E-state index contributed by atoms with van der Waals surface area (Å²) in [5, 5.41) is 0. The van der Waals surface area contributed by atoms with E-state index in [0.717, 1.165) is 24.8 Å². The van der Waals surface area contributed by atoms with Crippen molar-refractivity contribution in [2.24, 2.45) is 5.73 Å². The Morgan fingerprint density at radius 3 is 2.27 bits per heavy atom. The lowest BCUT2D eigenvalue weighted by Crippen LogP contribution is -2.40. The van der Waals surface area contributed by atoms with E-state index in [1.54, 1.807) is 0 Å².